The van der Waals surface area contributed by atoms with Crippen molar-refractivity contribution in [3.05, 3.63) is 22.5 Å². The zero-order valence-corrected chi connectivity index (χ0v) is 8.62. The molecule has 15 heavy (non-hydrogen) atoms. The van der Waals surface area contributed by atoms with E-state index in [2.05, 4.69) is 0 Å². The maximum absolute atomic E-state index is 13.4. The molecule has 6 heteroatoms. The molecule has 0 N–H and O–H groups in total. The van der Waals surface area contributed by atoms with E-state index in [4.69, 9.17) is 10.5 Å². The molecule has 78 valence electrons. The van der Waals surface area contributed by atoms with Gasteiger partial charge in [0, 0.05) is 10.9 Å². The van der Waals surface area contributed by atoms with Crippen LogP contribution in [0.5, 0.6) is 0 Å². The Balaban J connectivity index is 3.27. The summed E-state index contributed by atoms with van der Waals surface area (Å²) >= 11 is 0. The average molecular weight is 230 g/mol. The number of rotatable bonds is 1. The summed E-state index contributed by atoms with van der Waals surface area (Å²) in [5.74, 6) is -3.84. The van der Waals surface area contributed by atoms with Gasteiger partial charge in [0.1, 0.15) is 17.6 Å². The smallest absolute Gasteiger partial charge is 0.172 e. The molecule has 1 rings (SSSR count). The first-order chi connectivity index (χ1) is 7.04. The lowest BCUT2D eigenvalue weighted by molar-refractivity contribution is 0.278. The molecule has 0 aliphatic heterocycles. The minimum absolute atomic E-state index is 0.239. The third-order valence-electron chi connectivity index (χ3n) is 2.07. The van der Waals surface area contributed by atoms with Gasteiger partial charge >= 0.3 is 0 Å². The molecule has 0 amide bonds. The molecule has 0 saturated heterocycles. The lowest BCUT2D eigenvalue weighted by Gasteiger charge is -2.21. The molecule has 1 aliphatic rings. The summed E-state index contributed by atoms with van der Waals surface area (Å²) in [6, 6.07) is 3.02. The fourth-order valence-corrected chi connectivity index (χ4v) is 1.68. The lowest BCUT2D eigenvalue weighted by atomic mass is 9.92. The summed E-state index contributed by atoms with van der Waals surface area (Å²) in [6.07, 6.45) is -2.74. The van der Waals surface area contributed by atoms with Crippen LogP contribution in [0.4, 0.5) is 13.2 Å². The van der Waals surface area contributed by atoms with Crippen molar-refractivity contribution in [3.8, 4) is 12.1 Å². The first kappa shape index (κ1) is 11.8. The highest BCUT2D eigenvalue weighted by Crippen LogP contribution is 2.41. The Kier molecular flexibility index (Phi) is 3.50. The van der Waals surface area contributed by atoms with E-state index in [1.807, 2.05) is 9.24 Å². The summed E-state index contributed by atoms with van der Waals surface area (Å²) in [5, 5.41) is 16.6. The Hall–Kier alpha value is -1.32. The minimum Gasteiger partial charge on any atom is -0.238 e. The van der Waals surface area contributed by atoms with Crippen LogP contribution in [0, 0.1) is 28.6 Å². The number of halogens is 3. The van der Waals surface area contributed by atoms with E-state index < -0.39 is 35.7 Å². The molecule has 0 saturated carbocycles. The molecule has 2 nitrogen and oxygen atoms in total. The normalized spacial score (nSPS) is 26.3. The van der Waals surface area contributed by atoms with Gasteiger partial charge in [-0.05, 0) is 0 Å². The first-order valence-electron chi connectivity index (χ1n) is 3.99. The molecule has 1 aliphatic carbocycles. The van der Waals surface area contributed by atoms with E-state index in [0.717, 1.165) is 0 Å². The van der Waals surface area contributed by atoms with E-state index in [1.165, 1.54) is 6.07 Å². The van der Waals surface area contributed by atoms with Crippen molar-refractivity contribution in [2.75, 3.05) is 0 Å². The third-order valence-corrected chi connectivity index (χ3v) is 2.68. The predicted molar refractivity (Wildman–Crippen MR) is 50.2 cm³/mol. The van der Waals surface area contributed by atoms with Gasteiger partial charge in [-0.1, -0.05) is 0 Å². The van der Waals surface area contributed by atoms with E-state index in [9.17, 15) is 13.2 Å². The van der Waals surface area contributed by atoms with Gasteiger partial charge in [-0.15, -0.1) is 9.24 Å². The predicted octanol–water partition coefficient (Wildman–Crippen LogP) is 2.67. The zero-order valence-electron chi connectivity index (χ0n) is 7.47. The van der Waals surface area contributed by atoms with Crippen molar-refractivity contribution < 1.29 is 13.2 Å². The fraction of sp³-hybridized carbons (Fsp3) is 0.333. The van der Waals surface area contributed by atoms with Crippen LogP contribution in [0.15, 0.2) is 22.5 Å². The molecular weight excluding hydrogens is 224 g/mol. The molecule has 0 bridgehead atoms. The van der Waals surface area contributed by atoms with Gasteiger partial charge in [0.2, 0.25) is 0 Å². The maximum atomic E-state index is 13.4. The maximum Gasteiger partial charge on any atom is 0.172 e. The van der Waals surface area contributed by atoms with Crippen molar-refractivity contribution in [2.45, 2.75) is 12.6 Å². The van der Waals surface area contributed by atoms with Crippen molar-refractivity contribution in [1.29, 1.82) is 10.5 Å². The molecule has 0 radical (unpaired) electrons. The summed E-state index contributed by atoms with van der Waals surface area (Å²) in [4.78, 5) is 0. The third kappa shape index (κ3) is 1.89. The van der Waals surface area contributed by atoms with Crippen LogP contribution in [0.2, 0.25) is 0 Å². The fourth-order valence-electron chi connectivity index (χ4n) is 1.26. The summed E-state index contributed by atoms with van der Waals surface area (Å²) < 4.78 is 39.8. The van der Waals surface area contributed by atoms with Gasteiger partial charge in [-0.25, -0.2) is 13.2 Å². The van der Waals surface area contributed by atoms with Crippen LogP contribution >= 0.6 is 9.24 Å². The molecular formula is C9H6F3N2P. The van der Waals surface area contributed by atoms with E-state index in [-0.39, 0.29) is 5.31 Å². The topological polar surface area (TPSA) is 47.6 Å². The van der Waals surface area contributed by atoms with Crippen molar-refractivity contribution in [3.63, 3.8) is 0 Å². The monoisotopic (exact) mass is 230 g/mol. The number of hydrogen-bond donors (Lipinski definition) is 0. The van der Waals surface area contributed by atoms with Crippen LogP contribution in [0.1, 0.15) is 6.42 Å². The van der Waals surface area contributed by atoms with Crippen molar-refractivity contribution in [2.24, 2.45) is 5.92 Å². The van der Waals surface area contributed by atoms with Crippen LogP contribution in [-0.2, 0) is 0 Å². The SMILES string of the molecule is N#CCC1=C(F)C(F)C(C#N)C(P)=C1F. The van der Waals surface area contributed by atoms with Gasteiger partial charge in [-0.3, -0.25) is 0 Å². The number of alkyl halides is 1. The van der Waals surface area contributed by atoms with Gasteiger partial charge in [0.05, 0.1) is 18.6 Å². The Morgan fingerprint density at radius 1 is 1.33 bits per heavy atom. The largest absolute Gasteiger partial charge is 0.238 e. The zero-order chi connectivity index (χ0) is 11.6. The summed E-state index contributed by atoms with van der Waals surface area (Å²) in [6.45, 7) is 0. The van der Waals surface area contributed by atoms with Crippen LogP contribution in [-0.4, -0.2) is 6.17 Å². The Morgan fingerprint density at radius 2 is 1.93 bits per heavy atom. The molecule has 0 aromatic carbocycles. The molecule has 0 aromatic heterocycles. The lowest BCUT2D eigenvalue weighted by Crippen LogP contribution is -2.21. The Labute approximate surface area is 86.9 Å². The second-order valence-corrected chi connectivity index (χ2v) is 3.56. The van der Waals surface area contributed by atoms with Gasteiger partial charge in [0.15, 0.2) is 6.17 Å². The van der Waals surface area contributed by atoms with Gasteiger partial charge in [0.25, 0.3) is 0 Å². The highest BCUT2D eigenvalue weighted by atomic mass is 31.0. The van der Waals surface area contributed by atoms with Gasteiger partial charge in [-0.2, -0.15) is 10.5 Å². The van der Waals surface area contributed by atoms with Crippen molar-refractivity contribution >= 4 is 9.24 Å². The minimum atomic E-state index is -2.19. The number of allylic oxidation sites excluding steroid dienone is 4. The summed E-state index contributed by atoms with van der Waals surface area (Å²) in [5.41, 5.74) is -0.596. The molecule has 0 spiro atoms. The number of hydrogen-bond acceptors (Lipinski definition) is 2. The second-order valence-electron chi connectivity index (χ2n) is 2.94. The van der Waals surface area contributed by atoms with Crippen LogP contribution < -0.4 is 0 Å². The Bertz CT molecular complexity index is 428. The first-order valence-corrected chi connectivity index (χ1v) is 4.57. The molecule has 0 heterocycles. The number of nitriles is 2. The van der Waals surface area contributed by atoms with E-state index >= 15 is 0 Å². The van der Waals surface area contributed by atoms with E-state index in [0.29, 0.717) is 0 Å². The molecule has 3 atom stereocenters. The van der Waals surface area contributed by atoms with Gasteiger partial charge < -0.3 is 0 Å². The second kappa shape index (κ2) is 4.47. The molecule has 0 fully saturated rings. The van der Waals surface area contributed by atoms with E-state index in [1.54, 1.807) is 6.07 Å². The summed E-state index contributed by atoms with van der Waals surface area (Å²) in [7, 11) is 1.87. The number of nitrogens with zero attached hydrogens (tertiary/aromatic N) is 2. The van der Waals surface area contributed by atoms with Crippen LogP contribution in [0.25, 0.3) is 0 Å². The van der Waals surface area contributed by atoms with Crippen molar-refractivity contribution in [1.82, 2.24) is 0 Å². The quantitative estimate of drug-likeness (QED) is 0.650. The average Bonchev–Trinajstić information content (AvgIpc) is 2.23. The molecule has 3 unspecified atom stereocenters. The highest BCUT2D eigenvalue weighted by Gasteiger charge is 2.37. The molecule has 0 aromatic rings. The Morgan fingerprint density at radius 3 is 2.40 bits per heavy atom. The van der Waals surface area contributed by atoms with Crippen LogP contribution in [0.3, 0.4) is 0 Å². The standard InChI is InChI=1S/C9H6F3N2P/c10-6-4(1-2-13)8(12)9(15)5(3-14)7(6)11/h5,7H,1,15H2. The highest BCUT2D eigenvalue weighted by molar-refractivity contribution is 7.22.